The Kier molecular flexibility index (Phi) is 6.55. The quantitative estimate of drug-likeness (QED) is 0.697. The highest BCUT2D eigenvalue weighted by Crippen LogP contribution is 2.19. The van der Waals surface area contributed by atoms with E-state index in [9.17, 15) is 9.18 Å². The largest absolute Gasteiger partial charge is 0.379 e. The number of H-pyrrole nitrogens is 1. The van der Waals surface area contributed by atoms with Gasteiger partial charge in [0.1, 0.15) is 11.9 Å². The van der Waals surface area contributed by atoms with Crippen LogP contribution in [0, 0.1) is 5.82 Å². The van der Waals surface area contributed by atoms with Gasteiger partial charge in [-0.3, -0.25) is 4.79 Å². The lowest BCUT2D eigenvalue weighted by Crippen LogP contribution is -2.36. The van der Waals surface area contributed by atoms with Crippen LogP contribution in [0.4, 0.5) is 4.39 Å². The summed E-state index contributed by atoms with van der Waals surface area (Å²) in [5.74, 6) is -0.412. The zero-order valence-corrected chi connectivity index (χ0v) is 13.5. The molecule has 0 saturated carbocycles. The highest BCUT2D eigenvalue weighted by molar-refractivity contribution is 5.83. The Hall–Kier alpha value is -1.92. The lowest BCUT2D eigenvalue weighted by molar-refractivity contribution is -0.132. The first-order valence-electron chi connectivity index (χ1n) is 7.84. The van der Waals surface area contributed by atoms with Gasteiger partial charge in [-0.05, 0) is 44.0 Å². The van der Waals surface area contributed by atoms with E-state index in [1.54, 1.807) is 13.0 Å². The molecule has 2 rings (SSSR count). The Morgan fingerprint density at radius 2 is 2.22 bits per heavy atom. The van der Waals surface area contributed by atoms with Crippen molar-refractivity contribution in [3.05, 3.63) is 35.8 Å². The molecule has 1 aromatic heterocycles. The number of hydrogen-bond donors (Lipinski definition) is 2. The Balaban J connectivity index is 1.76. The first kappa shape index (κ1) is 17.4. The molecule has 6 heteroatoms. The Morgan fingerprint density at radius 1 is 1.39 bits per heavy atom. The number of amides is 1. The van der Waals surface area contributed by atoms with Crippen LogP contribution in [0.3, 0.4) is 0 Å². The number of carbonyl (C=O) groups excluding carboxylic acids is 1. The third-order valence-corrected chi connectivity index (χ3v) is 3.59. The summed E-state index contributed by atoms with van der Waals surface area (Å²) in [7, 11) is 0. The van der Waals surface area contributed by atoms with E-state index >= 15 is 0 Å². The fourth-order valence-electron chi connectivity index (χ4n) is 2.33. The van der Waals surface area contributed by atoms with Gasteiger partial charge in [-0.15, -0.1) is 0 Å². The number of carbonyl (C=O) groups is 1. The summed E-state index contributed by atoms with van der Waals surface area (Å²) in [5.41, 5.74) is 1.81. The topological polar surface area (TPSA) is 63.4 Å². The molecule has 1 amide bonds. The van der Waals surface area contributed by atoms with Gasteiger partial charge in [-0.25, -0.2) is 4.39 Å². The molecule has 23 heavy (non-hydrogen) atoms. The van der Waals surface area contributed by atoms with Crippen LogP contribution in [-0.4, -0.2) is 43.4 Å². The van der Waals surface area contributed by atoms with Crippen molar-refractivity contribution >= 4 is 16.8 Å². The highest BCUT2D eigenvalue weighted by Gasteiger charge is 2.13. The minimum atomic E-state index is -0.507. The number of ether oxygens (including phenoxy) is 2. The van der Waals surface area contributed by atoms with Gasteiger partial charge in [0.05, 0.1) is 13.2 Å². The lowest BCUT2D eigenvalue weighted by atomic mass is 10.1. The molecule has 0 aliphatic carbocycles. The van der Waals surface area contributed by atoms with Gasteiger partial charge in [-0.1, -0.05) is 0 Å². The van der Waals surface area contributed by atoms with Gasteiger partial charge in [-0.2, -0.15) is 0 Å². The van der Waals surface area contributed by atoms with E-state index in [4.69, 9.17) is 9.47 Å². The molecule has 1 atom stereocenters. The van der Waals surface area contributed by atoms with Crippen molar-refractivity contribution in [2.75, 3.05) is 26.4 Å². The number of halogens is 1. The number of aromatic nitrogens is 1. The van der Waals surface area contributed by atoms with Crippen molar-refractivity contribution in [1.82, 2.24) is 10.3 Å². The van der Waals surface area contributed by atoms with Gasteiger partial charge in [0, 0.05) is 30.3 Å². The van der Waals surface area contributed by atoms with Gasteiger partial charge in [0.25, 0.3) is 0 Å². The molecule has 0 unspecified atom stereocenters. The summed E-state index contributed by atoms with van der Waals surface area (Å²) in [6.07, 6.45) is 2.01. The number of aromatic amines is 1. The van der Waals surface area contributed by atoms with Crippen molar-refractivity contribution in [3.63, 3.8) is 0 Å². The normalized spacial score (nSPS) is 12.5. The van der Waals surface area contributed by atoms with Crippen LogP contribution in [0.5, 0.6) is 0 Å². The van der Waals surface area contributed by atoms with Crippen LogP contribution >= 0.6 is 0 Å². The monoisotopic (exact) mass is 322 g/mol. The molecule has 0 bridgehead atoms. The van der Waals surface area contributed by atoms with Crippen LogP contribution in [0.1, 0.15) is 19.4 Å². The van der Waals surface area contributed by atoms with Crippen LogP contribution in [0.2, 0.25) is 0 Å². The zero-order chi connectivity index (χ0) is 16.7. The third-order valence-electron chi connectivity index (χ3n) is 3.59. The summed E-state index contributed by atoms with van der Waals surface area (Å²) in [6.45, 7) is 5.65. The number of nitrogens with one attached hydrogen (secondary N) is 2. The highest BCUT2D eigenvalue weighted by atomic mass is 19.1. The van der Waals surface area contributed by atoms with E-state index in [2.05, 4.69) is 10.3 Å². The summed E-state index contributed by atoms with van der Waals surface area (Å²) in [6, 6.07) is 4.65. The molecular formula is C17H23FN2O3. The summed E-state index contributed by atoms with van der Waals surface area (Å²) in [5, 5.41) is 3.82. The number of rotatable bonds is 9. The molecule has 1 aromatic carbocycles. The smallest absolute Gasteiger partial charge is 0.248 e. The molecule has 0 fully saturated rings. The summed E-state index contributed by atoms with van der Waals surface area (Å²) in [4.78, 5) is 14.9. The fourth-order valence-corrected chi connectivity index (χ4v) is 2.33. The van der Waals surface area contributed by atoms with Crippen molar-refractivity contribution in [2.45, 2.75) is 26.4 Å². The first-order valence-corrected chi connectivity index (χ1v) is 7.84. The van der Waals surface area contributed by atoms with E-state index in [-0.39, 0.29) is 11.7 Å². The van der Waals surface area contributed by atoms with E-state index in [0.29, 0.717) is 32.8 Å². The number of hydrogen-bond acceptors (Lipinski definition) is 3. The third kappa shape index (κ3) is 5.04. The first-order chi connectivity index (χ1) is 11.1. The van der Waals surface area contributed by atoms with E-state index < -0.39 is 6.10 Å². The second kappa shape index (κ2) is 8.64. The second-order valence-electron chi connectivity index (χ2n) is 5.25. The Labute approximate surface area is 135 Å². The van der Waals surface area contributed by atoms with Gasteiger partial charge in [0.2, 0.25) is 5.91 Å². The van der Waals surface area contributed by atoms with E-state index in [0.717, 1.165) is 16.5 Å². The Morgan fingerprint density at radius 3 is 3.00 bits per heavy atom. The molecule has 2 N–H and O–H groups in total. The van der Waals surface area contributed by atoms with Crippen LogP contribution < -0.4 is 5.32 Å². The van der Waals surface area contributed by atoms with Gasteiger partial charge in [0.15, 0.2) is 0 Å². The fraction of sp³-hybridized carbons (Fsp3) is 0.471. The molecule has 5 nitrogen and oxygen atoms in total. The molecule has 0 radical (unpaired) electrons. The minimum absolute atomic E-state index is 0.146. The molecule has 0 spiro atoms. The molecule has 0 aliphatic heterocycles. The summed E-state index contributed by atoms with van der Waals surface area (Å²) < 4.78 is 23.7. The second-order valence-corrected chi connectivity index (χ2v) is 5.25. The predicted molar refractivity (Wildman–Crippen MR) is 86.9 cm³/mol. The van der Waals surface area contributed by atoms with Gasteiger partial charge < -0.3 is 19.8 Å². The molecule has 0 aliphatic rings. The molecule has 2 aromatic rings. The van der Waals surface area contributed by atoms with Crippen molar-refractivity contribution in [2.24, 2.45) is 0 Å². The van der Waals surface area contributed by atoms with Crippen LogP contribution in [0.15, 0.2) is 24.4 Å². The average Bonchev–Trinajstić information content (AvgIpc) is 2.93. The maximum Gasteiger partial charge on any atom is 0.248 e. The Bertz CT molecular complexity index is 642. The van der Waals surface area contributed by atoms with Crippen LogP contribution in [0.25, 0.3) is 10.9 Å². The maximum atomic E-state index is 13.1. The SMILES string of the molecule is CCOCCO[C@H](C)C(=O)NCCc1c[nH]c2cc(F)ccc12. The number of fused-ring (bicyclic) bond motifs is 1. The molecule has 126 valence electrons. The molecule has 0 saturated heterocycles. The van der Waals surface area contributed by atoms with Crippen molar-refractivity contribution < 1.29 is 18.7 Å². The number of benzene rings is 1. The van der Waals surface area contributed by atoms with E-state index in [1.807, 2.05) is 13.1 Å². The molecular weight excluding hydrogens is 299 g/mol. The molecule has 1 heterocycles. The van der Waals surface area contributed by atoms with Crippen LogP contribution in [-0.2, 0) is 20.7 Å². The average molecular weight is 322 g/mol. The van der Waals surface area contributed by atoms with Gasteiger partial charge >= 0.3 is 0 Å². The van der Waals surface area contributed by atoms with Crippen molar-refractivity contribution in [1.29, 1.82) is 0 Å². The van der Waals surface area contributed by atoms with Crippen molar-refractivity contribution in [3.8, 4) is 0 Å². The zero-order valence-electron chi connectivity index (χ0n) is 13.5. The summed E-state index contributed by atoms with van der Waals surface area (Å²) >= 11 is 0. The maximum absolute atomic E-state index is 13.1. The van der Waals surface area contributed by atoms with E-state index in [1.165, 1.54) is 12.1 Å². The standard InChI is InChI=1S/C17H23FN2O3/c1-3-22-8-9-23-12(2)17(21)19-7-6-13-11-20-16-10-14(18)4-5-15(13)16/h4-5,10-12,20H,3,6-9H2,1-2H3,(H,19,21)/t12-/m1/s1. The minimum Gasteiger partial charge on any atom is -0.379 e. The lowest BCUT2D eigenvalue weighted by Gasteiger charge is -2.13. The predicted octanol–water partition coefficient (Wildman–Crippen LogP) is 2.41.